The van der Waals surface area contributed by atoms with Crippen LogP contribution in [0, 0.1) is 0 Å². The molecule has 17 heavy (non-hydrogen) atoms. The lowest BCUT2D eigenvalue weighted by atomic mass is 10.3. The van der Waals surface area contributed by atoms with Crippen molar-refractivity contribution >= 4 is 12.0 Å². The number of rotatable bonds is 5. The van der Waals surface area contributed by atoms with Gasteiger partial charge in [0.1, 0.15) is 0 Å². The Kier molecular flexibility index (Phi) is 4.50. The average Bonchev–Trinajstić information content (AvgIpc) is 2.68. The van der Waals surface area contributed by atoms with Gasteiger partial charge in [0, 0.05) is 38.9 Å². The molecular formula is C10H16N4O3. The molecule has 0 aromatic carbocycles. The first kappa shape index (κ1) is 13.0. The summed E-state index contributed by atoms with van der Waals surface area (Å²) in [6.45, 7) is 0.568. The Morgan fingerprint density at radius 3 is 2.82 bits per heavy atom. The van der Waals surface area contributed by atoms with Gasteiger partial charge in [0.15, 0.2) is 0 Å². The zero-order chi connectivity index (χ0) is 12.8. The molecule has 0 bridgehead atoms. The van der Waals surface area contributed by atoms with E-state index in [1.54, 1.807) is 31.2 Å². The van der Waals surface area contributed by atoms with E-state index in [0.717, 1.165) is 5.56 Å². The average molecular weight is 240 g/mol. The van der Waals surface area contributed by atoms with Crippen LogP contribution in [0.5, 0.6) is 0 Å². The number of carboxylic acid groups (broad SMARTS) is 1. The fraction of sp³-hybridized carbons (Fsp3) is 0.500. The fourth-order valence-electron chi connectivity index (χ4n) is 1.24. The van der Waals surface area contributed by atoms with Crippen LogP contribution in [0.1, 0.15) is 12.0 Å². The van der Waals surface area contributed by atoms with E-state index in [2.05, 4.69) is 10.4 Å². The smallest absolute Gasteiger partial charge is 0.317 e. The van der Waals surface area contributed by atoms with E-state index in [0.29, 0.717) is 6.54 Å². The van der Waals surface area contributed by atoms with Crippen LogP contribution < -0.4 is 5.32 Å². The molecule has 1 aromatic rings. The van der Waals surface area contributed by atoms with E-state index in [9.17, 15) is 9.59 Å². The highest BCUT2D eigenvalue weighted by Crippen LogP contribution is 1.96. The van der Waals surface area contributed by atoms with Crippen LogP contribution in [-0.2, 0) is 18.4 Å². The van der Waals surface area contributed by atoms with Crippen molar-refractivity contribution in [1.82, 2.24) is 20.0 Å². The van der Waals surface area contributed by atoms with E-state index in [-0.39, 0.29) is 19.0 Å². The Morgan fingerprint density at radius 1 is 1.59 bits per heavy atom. The van der Waals surface area contributed by atoms with Crippen molar-refractivity contribution in [3.8, 4) is 0 Å². The molecule has 0 saturated carbocycles. The van der Waals surface area contributed by atoms with Gasteiger partial charge in [-0.2, -0.15) is 5.10 Å². The predicted octanol–water partition coefficient (Wildman–Crippen LogP) is 0.0362. The number of nitrogens with one attached hydrogen (secondary N) is 1. The Balaban J connectivity index is 2.31. The largest absolute Gasteiger partial charge is 0.481 e. The van der Waals surface area contributed by atoms with Crippen LogP contribution in [0.4, 0.5) is 4.79 Å². The summed E-state index contributed by atoms with van der Waals surface area (Å²) in [6, 6.07) is -0.296. The van der Waals surface area contributed by atoms with Crippen LogP contribution in [0.2, 0.25) is 0 Å². The normalized spacial score (nSPS) is 10.0. The second-order valence-electron chi connectivity index (χ2n) is 3.75. The van der Waals surface area contributed by atoms with Gasteiger partial charge in [-0.05, 0) is 0 Å². The number of hydrogen-bond acceptors (Lipinski definition) is 3. The maximum atomic E-state index is 11.5. The zero-order valence-electron chi connectivity index (χ0n) is 9.88. The lowest BCUT2D eigenvalue weighted by molar-refractivity contribution is -0.137. The molecule has 1 heterocycles. The Hall–Kier alpha value is -2.05. The summed E-state index contributed by atoms with van der Waals surface area (Å²) in [5, 5.41) is 15.1. The van der Waals surface area contributed by atoms with Crippen molar-refractivity contribution in [1.29, 1.82) is 0 Å². The van der Waals surface area contributed by atoms with E-state index in [1.807, 2.05) is 0 Å². The molecule has 0 spiro atoms. The Bertz CT molecular complexity index is 402. The molecule has 0 saturated heterocycles. The first-order valence-electron chi connectivity index (χ1n) is 5.17. The lowest BCUT2D eigenvalue weighted by Gasteiger charge is -2.16. The number of carboxylic acids is 1. The minimum atomic E-state index is -0.920. The van der Waals surface area contributed by atoms with Gasteiger partial charge in [-0.15, -0.1) is 0 Å². The van der Waals surface area contributed by atoms with Crippen molar-refractivity contribution in [2.75, 3.05) is 13.6 Å². The molecule has 7 heteroatoms. The molecule has 0 aliphatic rings. The Labute approximate surface area is 99.0 Å². The van der Waals surface area contributed by atoms with Crippen LogP contribution >= 0.6 is 0 Å². The number of amides is 2. The highest BCUT2D eigenvalue weighted by atomic mass is 16.4. The standard InChI is InChI=1S/C10H16N4O3/c1-13(4-3-9(15)16)10(17)11-5-8-6-12-14(2)7-8/h6-7H,3-5H2,1-2H3,(H,11,17)(H,15,16). The monoisotopic (exact) mass is 240 g/mol. The summed E-state index contributed by atoms with van der Waals surface area (Å²) < 4.78 is 1.65. The number of carbonyl (C=O) groups is 2. The van der Waals surface area contributed by atoms with Gasteiger partial charge >= 0.3 is 12.0 Å². The molecular weight excluding hydrogens is 224 g/mol. The molecule has 0 atom stereocenters. The Morgan fingerprint density at radius 2 is 2.29 bits per heavy atom. The minimum absolute atomic E-state index is 0.0587. The molecule has 2 N–H and O–H groups in total. The van der Waals surface area contributed by atoms with Crippen molar-refractivity contribution in [3.05, 3.63) is 18.0 Å². The van der Waals surface area contributed by atoms with Crippen LogP contribution in [-0.4, -0.2) is 45.4 Å². The van der Waals surface area contributed by atoms with Gasteiger partial charge in [0.05, 0.1) is 12.6 Å². The third-order valence-corrected chi connectivity index (χ3v) is 2.21. The quantitative estimate of drug-likeness (QED) is 0.760. The molecule has 0 aliphatic carbocycles. The second-order valence-corrected chi connectivity index (χ2v) is 3.75. The maximum absolute atomic E-state index is 11.5. The molecule has 0 unspecified atom stereocenters. The zero-order valence-corrected chi connectivity index (χ0v) is 9.88. The van der Waals surface area contributed by atoms with E-state index in [4.69, 9.17) is 5.11 Å². The number of hydrogen-bond donors (Lipinski definition) is 2. The molecule has 2 amide bonds. The summed E-state index contributed by atoms with van der Waals surface area (Å²) in [5.74, 6) is -0.920. The first-order valence-corrected chi connectivity index (χ1v) is 5.17. The fourth-order valence-corrected chi connectivity index (χ4v) is 1.24. The van der Waals surface area contributed by atoms with Crippen molar-refractivity contribution in [2.24, 2.45) is 7.05 Å². The minimum Gasteiger partial charge on any atom is -0.481 e. The third-order valence-electron chi connectivity index (χ3n) is 2.21. The summed E-state index contributed by atoms with van der Waals surface area (Å²) in [6.07, 6.45) is 3.41. The van der Waals surface area contributed by atoms with E-state index < -0.39 is 5.97 Å². The number of aryl methyl sites for hydroxylation is 1. The number of nitrogens with zero attached hydrogens (tertiary/aromatic N) is 3. The van der Waals surface area contributed by atoms with Crippen molar-refractivity contribution in [2.45, 2.75) is 13.0 Å². The molecule has 0 radical (unpaired) electrons. The molecule has 0 aliphatic heterocycles. The molecule has 7 nitrogen and oxygen atoms in total. The number of carbonyl (C=O) groups excluding carboxylic acids is 1. The van der Waals surface area contributed by atoms with Gasteiger partial charge in [0.2, 0.25) is 0 Å². The van der Waals surface area contributed by atoms with Crippen molar-refractivity contribution in [3.63, 3.8) is 0 Å². The number of aliphatic carboxylic acids is 1. The first-order chi connectivity index (χ1) is 7.99. The summed E-state index contributed by atoms with van der Waals surface area (Å²) in [5.41, 5.74) is 0.896. The van der Waals surface area contributed by atoms with Gasteiger partial charge in [-0.25, -0.2) is 4.79 Å². The van der Waals surface area contributed by atoms with Gasteiger partial charge in [-0.1, -0.05) is 0 Å². The van der Waals surface area contributed by atoms with E-state index >= 15 is 0 Å². The summed E-state index contributed by atoms with van der Waals surface area (Å²) in [4.78, 5) is 23.2. The predicted molar refractivity (Wildman–Crippen MR) is 60.3 cm³/mol. The van der Waals surface area contributed by atoms with Gasteiger partial charge in [0.25, 0.3) is 0 Å². The van der Waals surface area contributed by atoms with Crippen molar-refractivity contribution < 1.29 is 14.7 Å². The third kappa shape index (κ3) is 4.54. The van der Waals surface area contributed by atoms with Gasteiger partial charge < -0.3 is 15.3 Å². The van der Waals surface area contributed by atoms with Crippen LogP contribution in [0.25, 0.3) is 0 Å². The van der Waals surface area contributed by atoms with E-state index in [1.165, 1.54) is 4.90 Å². The molecule has 1 aromatic heterocycles. The summed E-state index contributed by atoms with van der Waals surface area (Å²) >= 11 is 0. The maximum Gasteiger partial charge on any atom is 0.317 e. The second kappa shape index (κ2) is 5.88. The van der Waals surface area contributed by atoms with Gasteiger partial charge in [-0.3, -0.25) is 9.48 Å². The van der Waals surface area contributed by atoms with Crippen LogP contribution in [0.3, 0.4) is 0 Å². The van der Waals surface area contributed by atoms with Crippen LogP contribution in [0.15, 0.2) is 12.4 Å². The molecule has 0 fully saturated rings. The molecule has 94 valence electrons. The summed E-state index contributed by atoms with van der Waals surface area (Å²) in [7, 11) is 3.35. The lowest BCUT2D eigenvalue weighted by Crippen LogP contribution is -2.37. The highest BCUT2D eigenvalue weighted by molar-refractivity contribution is 5.74. The number of urea groups is 1. The highest BCUT2D eigenvalue weighted by Gasteiger charge is 2.09. The number of aromatic nitrogens is 2. The molecule has 1 rings (SSSR count). The topological polar surface area (TPSA) is 87.5 Å². The SMILES string of the molecule is CN(CCC(=O)O)C(=O)NCc1cnn(C)c1.